The van der Waals surface area contributed by atoms with Crippen LogP contribution in [0.3, 0.4) is 0 Å². The van der Waals surface area contributed by atoms with Crippen molar-refractivity contribution >= 4 is 41.0 Å². The first kappa shape index (κ1) is 18.9. The van der Waals surface area contributed by atoms with Gasteiger partial charge in [-0.1, -0.05) is 30.3 Å². The van der Waals surface area contributed by atoms with E-state index in [1.807, 2.05) is 66.8 Å². The Morgan fingerprint density at radius 2 is 1.85 bits per heavy atom. The van der Waals surface area contributed by atoms with Crippen LogP contribution < -0.4 is 10.6 Å². The second-order valence-electron chi connectivity index (χ2n) is 6.07. The molecule has 1 aliphatic heterocycles. The number of aryl methyl sites for hydroxylation is 1. The van der Waals surface area contributed by atoms with E-state index in [4.69, 9.17) is 0 Å². The number of benzene rings is 2. The van der Waals surface area contributed by atoms with E-state index < -0.39 is 0 Å². The Balaban J connectivity index is 1.48. The first-order chi connectivity index (χ1) is 12.6. The fraction of sp³-hybridized carbons (Fsp3) is 0.300. The number of hydrogen-bond donors (Lipinski definition) is 2. The van der Waals surface area contributed by atoms with Gasteiger partial charge in [0.1, 0.15) is 0 Å². The Morgan fingerprint density at radius 3 is 2.62 bits per heavy atom. The van der Waals surface area contributed by atoms with Crippen LogP contribution in [-0.2, 0) is 4.79 Å². The molecule has 0 saturated carbocycles. The molecule has 3 rings (SSSR count). The van der Waals surface area contributed by atoms with Gasteiger partial charge in [0.2, 0.25) is 5.91 Å². The zero-order valence-electron chi connectivity index (χ0n) is 14.7. The molecule has 2 N–H and O–H groups in total. The lowest BCUT2D eigenvalue weighted by atomic mass is 10.1. The summed E-state index contributed by atoms with van der Waals surface area (Å²) in [5.41, 5.74) is 3.62. The van der Waals surface area contributed by atoms with Crippen LogP contribution in [0, 0.1) is 6.92 Å². The van der Waals surface area contributed by atoms with Gasteiger partial charge in [0, 0.05) is 35.7 Å². The van der Waals surface area contributed by atoms with Gasteiger partial charge in [-0.2, -0.15) is 0 Å². The van der Waals surface area contributed by atoms with Crippen LogP contribution in [0.4, 0.5) is 5.69 Å². The molecule has 0 atom stereocenters. The van der Waals surface area contributed by atoms with Crippen molar-refractivity contribution in [3.63, 3.8) is 0 Å². The van der Waals surface area contributed by atoms with Gasteiger partial charge in [0.05, 0.1) is 4.58 Å². The van der Waals surface area contributed by atoms with Crippen LogP contribution in [0.1, 0.15) is 32.5 Å². The number of carbonyl (C=O) groups excluding carboxylic acids is 2. The zero-order valence-corrected chi connectivity index (χ0v) is 16.3. The highest BCUT2D eigenvalue weighted by Crippen LogP contribution is 2.45. The lowest BCUT2D eigenvalue weighted by Crippen LogP contribution is -2.28. The van der Waals surface area contributed by atoms with E-state index in [9.17, 15) is 9.59 Å². The fourth-order valence-electron chi connectivity index (χ4n) is 2.75. The van der Waals surface area contributed by atoms with Crippen LogP contribution in [0.25, 0.3) is 0 Å². The SMILES string of the molecule is Cc1ccccc1C(=O)NCCC(=O)Nc1cccc(C2SCCS2)c1. The molecule has 2 amide bonds. The lowest BCUT2D eigenvalue weighted by Gasteiger charge is -2.11. The van der Waals surface area contributed by atoms with Crippen molar-refractivity contribution in [1.29, 1.82) is 0 Å². The quantitative estimate of drug-likeness (QED) is 0.780. The molecule has 0 aromatic heterocycles. The molecule has 1 fully saturated rings. The second-order valence-corrected chi connectivity index (χ2v) is 8.79. The summed E-state index contributed by atoms with van der Waals surface area (Å²) in [4.78, 5) is 24.3. The zero-order chi connectivity index (χ0) is 18.4. The molecule has 1 saturated heterocycles. The lowest BCUT2D eigenvalue weighted by molar-refractivity contribution is -0.116. The summed E-state index contributed by atoms with van der Waals surface area (Å²) < 4.78 is 0.459. The van der Waals surface area contributed by atoms with Gasteiger partial charge in [-0.15, -0.1) is 23.5 Å². The highest BCUT2D eigenvalue weighted by molar-refractivity contribution is 8.19. The molecule has 0 bridgehead atoms. The Morgan fingerprint density at radius 1 is 1.08 bits per heavy atom. The third-order valence-corrected chi connectivity index (χ3v) is 7.20. The molecule has 1 heterocycles. The standard InChI is InChI=1S/C20H22N2O2S2/c1-14-5-2-3-8-17(14)19(24)21-10-9-18(23)22-16-7-4-6-15(13-16)20-25-11-12-26-20/h2-8,13,20H,9-12H2,1H3,(H,21,24)(H,22,23). The Kier molecular flexibility index (Phi) is 6.63. The molecular formula is C20H22N2O2S2. The number of rotatable bonds is 6. The van der Waals surface area contributed by atoms with Crippen LogP contribution >= 0.6 is 23.5 Å². The molecule has 6 heteroatoms. The monoisotopic (exact) mass is 386 g/mol. The van der Waals surface area contributed by atoms with Crippen molar-refractivity contribution in [2.75, 3.05) is 23.4 Å². The first-order valence-electron chi connectivity index (χ1n) is 8.60. The number of carbonyl (C=O) groups is 2. The first-order valence-corrected chi connectivity index (χ1v) is 10.7. The van der Waals surface area contributed by atoms with Crippen molar-refractivity contribution in [3.8, 4) is 0 Å². The highest BCUT2D eigenvalue weighted by Gasteiger charge is 2.18. The maximum Gasteiger partial charge on any atom is 0.251 e. The third kappa shape index (κ3) is 5.05. The molecule has 136 valence electrons. The fourth-order valence-corrected chi connectivity index (χ4v) is 5.59. The van der Waals surface area contributed by atoms with Crippen molar-refractivity contribution in [3.05, 3.63) is 65.2 Å². The third-order valence-electron chi connectivity index (χ3n) is 4.09. The molecule has 1 aliphatic rings. The predicted octanol–water partition coefficient (Wildman–Crippen LogP) is 4.23. The smallest absolute Gasteiger partial charge is 0.251 e. The van der Waals surface area contributed by atoms with Crippen molar-refractivity contribution in [2.45, 2.75) is 17.9 Å². The van der Waals surface area contributed by atoms with E-state index in [0.717, 1.165) is 11.3 Å². The van der Waals surface area contributed by atoms with Crippen LogP contribution in [0.15, 0.2) is 48.5 Å². The summed E-state index contributed by atoms with van der Waals surface area (Å²) in [5, 5.41) is 5.73. The van der Waals surface area contributed by atoms with Gasteiger partial charge in [0.25, 0.3) is 5.91 Å². The van der Waals surface area contributed by atoms with E-state index >= 15 is 0 Å². The number of anilines is 1. The summed E-state index contributed by atoms with van der Waals surface area (Å²) in [6, 6.07) is 15.4. The Hall–Kier alpha value is -1.92. The second kappa shape index (κ2) is 9.14. The molecule has 0 spiro atoms. The van der Waals surface area contributed by atoms with E-state index in [2.05, 4.69) is 16.7 Å². The normalized spacial score (nSPS) is 14.2. The van der Waals surface area contributed by atoms with E-state index in [1.54, 1.807) is 6.07 Å². The summed E-state index contributed by atoms with van der Waals surface area (Å²) in [5.74, 6) is 2.10. The molecule has 2 aromatic rings. The number of thioether (sulfide) groups is 2. The summed E-state index contributed by atoms with van der Waals surface area (Å²) in [7, 11) is 0. The van der Waals surface area contributed by atoms with E-state index in [1.165, 1.54) is 17.1 Å². The number of amides is 2. The van der Waals surface area contributed by atoms with Crippen molar-refractivity contribution < 1.29 is 9.59 Å². The Bertz CT molecular complexity index is 789. The largest absolute Gasteiger partial charge is 0.352 e. The Labute approximate surface area is 162 Å². The topological polar surface area (TPSA) is 58.2 Å². The molecule has 0 radical (unpaired) electrons. The molecule has 0 unspecified atom stereocenters. The minimum Gasteiger partial charge on any atom is -0.352 e. The van der Waals surface area contributed by atoms with Crippen molar-refractivity contribution in [1.82, 2.24) is 5.32 Å². The molecule has 26 heavy (non-hydrogen) atoms. The summed E-state index contributed by atoms with van der Waals surface area (Å²) >= 11 is 3.88. The average molecular weight is 387 g/mol. The van der Waals surface area contributed by atoms with E-state index in [0.29, 0.717) is 16.7 Å². The molecule has 0 aliphatic carbocycles. The summed E-state index contributed by atoms with van der Waals surface area (Å²) in [6.07, 6.45) is 0.245. The summed E-state index contributed by atoms with van der Waals surface area (Å²) in [6.45, 7) is 2.21. The van der Waals surface area contributed by atoms with Gasteiger partial charge >= 0.3 is 0 Å². The number of nitrogens with one attached hydrogen (secondary N) is 2. The van der Waals surface area contributed by atoms with Gasteiger partial charge < -0.3 is 10.6 Å². The van der Waals surface area contributed by atoms with E-state index in [-0.39, 0.29) is 18.2 Å². The van der Waals surface area contributed by atoms with Gasteiger partial charge in [-0.25, -0.2) is 0 Å². The van der Waals surface area contributed by atoms with Gasteiger partial charge in [0.15, 0.2) is 0 Å². The average Bonchev–Trinajstić information content (AvgIpc) is 3.17. The molecule has 2 aromatic carbocycles. The predicted molar refractivity (Wildman–Crippen MR) is 111 cm³/mol. The van der Waals surface area contributed by atoms with Gasteiger partial charge in [-0.3, -0.25) is 9.59 Å². The molecular weight excluding hydrogens is 364 g/mol. The van der Waals surface area contributed by atoms with Crippen molar-refractivity contribution in [2.24, 2.45) is 0 Å². The minimum atomic E-state index is -0.145. The molecule has 4 nitrogen and oxygen atoms in total. The van der Waals surface area contributed by atoms with Crippen LogP contribution in [0.5, 0.6) is 0 Å². The number of hydrogen-bond acceptors (Lipinski definition) is 4. The highest BCUT2D eigenvalue weighted by atomic mass is 32.2. The maximum absolute atomic E-state index is 12.2. The van der Waals surface area contributed by atoms with Crippen LogP contribution in [-0.4, -0.2) is 29.9 Å². The maximum atomic E-state index is 12.2. The van der Waals surface area contributed by atoms with Gasteiger partial charge in [-0.05, 0) is 36.2 Å². The van der Waals surface area contributed by atoms with Crippen LogP contribution in [0.2, 0.25) is 0 Å². The minimum absolute atomic E-state index is 0.0982.